The molecule has 0 spiro atoms. The van der Waals surface area contributed by atoms with Crippen molar-refractivity contribution in [3.8, 4) is 0 Å². The molecule has 0 aromatic carbocycles. The summed E-state index contributed by atoms with van der Waals surface area (Å²) in [6.07, 6.45) is 4.91. The second kappa shape index (κ2) is 8.54. The van der Waals surface area contributed by atoms with Crippen molar-refractivity contribution in [2.45, 2.75) is 32.6 Å². The SMILES string of the molecule is CC(=O)C(=O)NCC1CCCC1.[CH3-].[Y]. The molecule has 1 aliphatic rings. The van der Waals surface area contributed by atoms with Crippen molar-refractivity contribution in [3.05, 3.63) is 7.43 Å². The molecule has 0 heterocycles. The van der Waals surface area contributed by atoms with Crippen molar-refractivity contribution >= 4 is 11.7 Å². The van der Waals surface area contributed by atoms with Gasteiger partial charge in [0.15, 0.2) is 0 Å². The Bertz CT molecular complexity index is 189. The first-order valence-corrected chi connectivity index (χ1v) is 4.49. The molecule has 0 bridgehead atoms. The summed E-state index contributed by atoms with van der Waals surface area (Å²) in [6.45, 7) is 1.97. The van der Waals surface area contributed by atoms with Crippen molar-refractivity contribution in [3.63, 3.8) is 0 Å². The average Bonchev–Trinajstić information content (AvgIpc) is 2.51. The third-order valence-electron chi connectivity index (χ3n) is 2.35. The van der Waals surface area contributed by atoms with Crippen LogP contribution in [-0.2, 0) is 42.3 Å². The number of carbonyl (C=O) groups is 2. The van der Waals surface area contributed by atoms with E-state index in [-0.39, 0.29) is 40.1 Å². The third-order valence-corrected chi connectivity index (χ3v) is 2.35. The van der Waals surface area contributed by atoms with Gasteiger partial charge in [-0.3, -0.25) is 9.59 Å². The van der Waals surface area contributed by atoms with Crippen LogP contribution in [0, 0.1) is 13.3 Å². The molecule has 1 saturated carbocycles. The first-order chi connectivity index (χ1) is 5.70. The molecule has 14 heavy (non-hydrogen) atoms. The van der Waals surface area contributed by atoms with Gasteiger partial charge in [0, 0.05) is 46.2 Å². The minimum absolute atomic E-state index is 0. The number of hydrogen-bond acceptors (Lipinski definition) is 2. The predicted molar refractivity (Wildman–Crippen MR) is 52.1 cm³/mol. The summed E-state index contributed by atoms with van der Waals surface area (Å²) in [5.74, 6) is -0.233. The molecular formula is C10H18NO2Y-. The fourth-order valence-electron chi connectivity index (χ4n) is 1.58. The number of carbonyl (C=O) groups excluding carboxylic acids is 2. The fourth-order valence-corrected chi connectivity index (χ4v) is 1.58. The molecule has 0 unspecified atom stereocenters. The van der Waals surface area contributed by atoms with Crippen LogP contribution in [-0.4, -0.2) is 18.2 Å². The van der Waals surface area contributed by atoms with Crippen molar-refractivity contribution in [1.82, 2.24) is 5.32 Å². The largest absolute Gasteiger partial charge is 0.358 e. The van der Waals surface area contributed by atoms with Gasteiger partial charge in [0.05, 0.1) is 0 Å². The Balaban J connectivity index is 0. The monoisotopic (exact) mass is 273 g/mol. The first-order valence-electron chi connectivity index (χ1n) is 4.49. The van der Waals surface area contributed by atoms with Crippen LogP contribution in [0.4, 0.5) is 0 Å². The Kier molecular flexibility index (Phi) is 10.2. The summed E-state index contributed by atoms with van der Waals surface area (Å²) in [7, 11) is 0. The third kappa shape index (κ3) is 5.87. The van der Waals surface area contributed by atoms with Crippen LogP contribution >= 0.6 is 0 Å². The van der Waals surface area contributed by atoms with E-state index in [1.54, 1.807) is 0 Å². The van der Waals surface area contributed by atoms with Crippen molar-refractivity contribution < 1.29 is 42.3 Å². The van der Waals surface area contributed by atoms with E-state index in [1.165, 1.54) is 32.6 Å². The Morgan fingerprint density at radius 2 is 1.79 bits per heavy atom. The van der Waals surface area contributed by atoms with Crippen LogP contribution in [0.3, 0.4) is 0 Å². The van der Waals surface area contributed by atoms with Crippen LogP contribution in [0.2, 0.25) is 0 Å². The molecule has 0 aliphatic heterocycles. The molecule has 0 saturated heterocycles. The van der Waals surface area contributed by atoms with Crippen molar-refractivity contribution in [2.24, 2.45) is 5.92 Å². The van der Waals surface area contributed by atoms with E-state index in [1.807, 2.05) is 0 Å². The molecule has 1 aliphatic carbocycles. The summed E-state index contributed by atoms with van der Waals surface area (Å²) in [5, 5.41) is 2.64. The summed E-state index contributed by atoms with van der Waals surface area (Å²) < 4.78 is 0. The molecule has 1 rings (SSSR count). The number of amides is 1. The number of ketones is 1. The molecule has 4 heteroatoms. The number of nitrogens with one attached hydrogen (secondary N) is 1. The normalized spacial score (nSPS) is 15.2. The molecule has 1 N–H and O–H groups in total. The van der Waals surface area contributed by atoms with Crippen molar-refractivity contribution in [2.75, 3.05) is 6.54 Å². The molecule has 1 radical (unpaired) electrons. The number of hydrogen-bond donors (Lipinski definition) is 1. The van der Waals surface area contributed by atoms with E-state index in [2.05, 4.69) is 5.32 Å². The molecule has 0 atom stereocenters. The summed E-state index contributed by atoms with van der Waals surface area (Å²) in [6, 6.07) is 0. The summed E-state index contributed by atoms with van der Waals surface area (Å²) in [4.78, 5) is 21.4. The smallest absolute Gasteiger partial charge is 0.287 e. The van der Waals surface area contributed by atoms with Crippen molar-refractivity contribution in [1.29, 1.82) is 0 Å². The van der Waals surface area contributed by atoms with Gasteiger partial charge in [-0.1, -0.05) is 12.8 Å². The van der Waals surface area contributed by atoms with Gasteiger partial charge in [0.1, 0.15) is 0 Å². The second-order valence-corrected chi connectivity index (χ2v) is 3.42. The van der Waals surface area contributed by atoms with Gasteiger partial charge in [-0.05, 0) is 18.8 Å². The maximum absolute atomic E-state index is 10.8. The molecule has 0 aromatic rings. The van der Waals surface area contributed by atoms with E-state index < -0.39 is 11.7 Å². The molecule has 1 fully saturated rings. The van der Waals surface area contributed by atoms with E-state index in [9.17, 15) is 9.59 Å². The average molecular weight is 273 g/mol. The Hall–Kier alpha value is 0.244. The summed E-state index contributed by atoms with van der Waals surface area (Å²) in [5.41, 5.74) is 0. The topological polar surface area (TPSA) is 46.2 Å². The van der Waals surface area contributed by atoms with Gasteiger partial charge in [0.2, 0.25) is 5.78 Å². The van der Waals surface area contributed by atoms with E-state index in [0.717, 1.165) is 0 Å². The van der Waals surface area contributed by atoms with Crippen LogP contribution in [0.25, 0.3) is 0 Å². The number of rotatable bonds is 3. The summed E-state index contributed by atoms with van der Waals surface area (Å²) >= 11 is 0. The van der Waals surface area contributed by atoms with E-state index in [0.29, 0.717) is 12.5 Å². The molecule has 0 aromatic heterocycles. The molecular weight excluding hydrogens is 255 g/mol. The zero-order valence-corrected chi connectivity index (χ0v) is 11.8. The maximum Gasteiger partial charge on any atom is 0.287 e. The van der Waals surface area contributed by atoms with E-state index >= 15 is 0 Å². The van der Waals surface area contributed by atoms with Gasteiger partial charge < -0.3 is 12.7 Å². The van der Waals surface area contributed by atoms with Crippen LogP contribution in [0.5, 0.6) is 0 Å². The minimum atomic E-state index is -0.443. The zero-order valence-electron chi connectivity index (χ0n) is 9.01. The first kappa shape index (κ1) is 16.7. The van der Waals surface area contributed by atoms with Gasteiger partial charge in [0.25, 0.3) is 5.91 Å². The van der Waals surface area contributed by atoms with Gasteiger partial charge >= 0.3 is 0 Å². The second-order valence-electron chi connectivity index (χ2n) is 3.42. The quantitative estimate of drug-likeness (QED) is 0.623. The maximum atomic E-state index is 10.8. The Morgan fingerprint density at radius 3 is 2.21 bits per heavy atom. The van der Waals surface area contributed by atoms with Gasteiger partial charge in [-0.2, -0.15) is 0 Å². The fraction of sp³-hybridized carbons (Fsp3) is 0.700. The predicted octanol–water partition coefficient (Wildman–Crippen LogP) is 1.33. The molecule has 3 nitrogen and oxygen atoms in total. The Morgan fingerprint density at radius 1 is 1.29 bits per heavy atom. The minimum Gasteiger partial charge on any atom is -0.358 e. The zero-order chi connectivity index (χ0) is 8.97. The Labute approximate surface area is 111 Å². The molecule has 1 amide bonds. The van der Waals surface area contributed by atoms with Crippen LogP contribution in [0.15, 0.2) is 0 Å². The van der Waals surface area contributed by atoms with Crippen LogP contribution < -0.4 is 5.32 Å². The van der Waals surface area contributed by atoms with Gasteiger partial charge in [-0.15, -0.1) is 0 Å². The van der Waals surface area contributed by atoms with Gasteiger partial charge in [-0.25, -0.2) is 0 Å². The number of Topliss-reactive ketones (excluding diaryl/α,β-unsaturated/α-hetero) is 1. The molecule has 79 valence electrons. The van der Waals surface area contributed by atoms with E-state index in [4.69, 9.17) is 0 Å². The van der Waals surface area contributed by atoms with Crippen LogP contribution in [0.1, 0.15) is 32.6 Å². The standard InChI is InChI=1S/C9H15NO2.CH3.Y/c1-7(11)9(12)10-6-8-4-2-3-5-8;;/h8H,2-6H2,1H3,(H,10,12);1H3;/q;-1;.